The number of aromatic nitrogens is 2. The zero-order valence-electron chi connectivity index (χ0n) is 12.5. The first kappa shape index (κ1) is 15.9. The van der Waals surface area contributed by atoms with Crippen molar-refractivity contribution < 1.29 is 18.7 Å². The van der Waals surface area contributed by atoms with Crippen molar-refractivity contribution in [1.82, 2.24) is 14.7 Å². The Morgan fingerprint density at radius 3 is 2.61 bits per heavy atom. The molecule has 2 heterocycles. The Labute approximate surface area is 131 Å². The van der Waals surface area contributed by atoms with Crippen LogP contribution in [0.25, 0.3) is 11.5 Å². The minimum Gasteiger partial charge on any atom is -0.390 e. The van der Waals surface area contributed by atoms with Crippen LogP contribution >= 0.6 is 0 Å². The molecule has 0 saturated carbocycles. The minimum absolute atomic E-state index is 0.0425. The molecule has 1 aromatic heterocycles. The van der Waals surface area contributed by atoms with Crippen molar-refractivity contribution in [3.05, 3.63) is 40.6 Å². The van der Waals surface area contributed by atoms with Crippen LogP contribution in [-0.2, 0) is 11.3 Å². The van der Waals surface area contributed by atoms with E-state index in [-0.39, 0.29) is 18.3 Å². The van der Waals surface area contributed by atoms with E-state index in [4.69, 9.17) is 9.15 Å². The molecule has 1 N–H and O–H groups in total. The summed E-state index contributed by atoms with van der Waals surface area (Å²) in [6.45, 7) is 3.28. The molecular weight excluding hydrogens is 305 g/mol. The summed E-state index contributed by atoms with van der Waals surface area (Å²) in [7, 11) is 0. The number of morpholine rings is 1. The van der Waals surface area contributed by atoms with E-state index in [1.54, 1.807) is 0 Å². The van der Waals surface area contributed by atoms with Gasteiger partial charge in [-0.25, -0.2) is 9.18 Å². The van der Waals surface area contributed by atoms with E-state index in [9.17, 15) is 14.3 Å². The molecule has 3 rings (SSSR count). The Kier molecular flexibility index (Phi) is 4.85. The molecule has 1 aromatic carbocycles. The van der Waals surface area contributed by atoms with Crippen molar-refractivity contribution in [2.45, 2.75) is 12.6 Å². The van der Waals surface area contributed by atoms with Crippen LogP contribution in [0.3, 0.4) is 0 Å². The van der Waals surface area contributed by atoms with Crippen LogP contribution in [0.1, 0.15) is 0 Å². The number of aliphatic hydroxyl groups is 1. The van der Waals surface area contributed by atoms with Crippen LogP contribution in [-0.4, -0.2) is 58.7 Å². The van der Waals surface area contributed by atoms with Crippen molar-refractivity contribution in [3.8, 4) is 11.5 Å². The molecule has 1 unspecified atom stereocenters. The van der Waals surface area contributed by atoms with E-state index in [0.29, 0.717) is 25.3 Å². The van der Waals surface area contributed by atoms with Gasteiger partial charge in [0.1, 0.15) is 5.82 Å². The predicted octanol–water partition coefficient (Wildman–Crippen LogP) is 0.335. The third-order valence-corrected chi connectivity index (χ3v) is 3.65. The summed E-state index contributed by atoms with van der Waals surface area (Å²) >= 11 is 0. The van der Waals surface area contributed by atoms with Crippen molar-refractivity contribution in [1.29, 1.82) is 0 Å². The molecule has 1 aliphatic rings. The number of halogens is 1. The van der Waals surface area contributed by atoms with Gasteiger partial charge in [-0.2, -0.15) is 4.68 Å². The molecule has 7 nitrogen and oxygen atoms in total. The second-order valence-corrected chi connectivity index (χ2v) is 5.43. The summed E-state index contributed by atoms with van der Waals surface area (Å²) in [5.41, 5.74) is 0.505. The highest BCUT2D eigenvalue weighted by atomic mass is 19.1. The monoisotopic (exact) mass is 323 g/mol. The molecule has 1 saturated heterocycles. The number of ether oxygens (including phenoxy) is 1. The zero-order chi connectivity index (χ0) is 16.2. The quantitative estimate of drug-likeness (QED) is 0.854. The first-order valence-electron chi connectivity index (χ1n) is 7.44. The van der Waals surface area contributed by atoms with E-state index >= 15 is 0 Å². The molecule has 2 aromatic rings. The molecule has 0 radical (unpaired) electrons. The van der Waals surface area contributed by atoms with Crippen LogP contribution in [0.5, 0.6) is 0 Å². The third kappa shape index (κ3) is 4.04. The van der Waals surface area contributed by atoms with Crippen LogP contribution in [0, 0.1) is 5.82 Å². The molecule has 0 amide bonds. The second kappa shape index (κ2) is 7.03. The smallest absolute Gasteiger partial charge is 0.390 e. The standard InChI is InChI=1S/C15H18FN3O4/c16-12-3-1-11(2-4-12)14-17-19(15(21)23-14)10-13(20)9-18-5-7-22-8-6-18/h1-4,13,20H,5-10H2. The van der Waals surface area contributed by atoms with Gasteiger partial charge in [0.05, 0.1) is 25.9 Å². The number of hydrogen-bond donors (Lipinski definition) is 1. The lowest BCUT2D eigenvalue weighted by Crippen LogP contribution is -2.42. The molecular formula is C15H18FN3O4. The Morgan fingerprint density at radius 1 is 1.22 bits per heavy atom. The van der Waals surface area contributed by atoms with Gasteiger partial charge in [-0.15, -0.1) is 5.10 Å². The molecule has 1 atom stereocenters. The van der Waals surface area contributed by atoms with E-state index < -0.39 is 11.9 Å². The predicted molar refractivity (Wildman–Crippen MR) is 79.4 cm³/mol. The van der Waals surface area contributed by atoms with Gasteiger partial charge in [0.15, 0.2) is 0 Å². The van der Waals surface area contributed by atoms with Crippen LogP contribution in [0.2, 0.25) is 0 Å². The Bertz CT molecular complexity index is 691. The molecule has 8 heteroatoms. The molecule has 124 valence electrons. The average molecular weight is 323 g/mol. The zero-order valence-corrected chi connectivity index (χ0v) is 12.5. The number of hydrogen-bond acceptors (Lipinski definition) is 6. The lowest BCUT2D eigenvalue weighted by atomic mass is 10.2. The number of benzene rings is 1. The van der Waals surface area contributed by atoms with Crippen LogP contribution < -0.4 is 5.76 Å². The maximum absolute atomic E-state index is 12.9. The van der Waals surface area contributed by atoms with Crippen LogP contribution in [0.15, 0.2) is 33.5 Å². The van der Waals surface area contributed by atoms with Gasteiger partial charge in [-0.1, -0.05) is 0 Å². The van der Waals surface area contributed by atoms with Gasteiger partial charge in [0, 0.05) is 25.2 Å². The average Bonchev–Trinajstić information content (AvgIpc) is 2.90. The van der Waals surface area contributed by atoms with Crippen molar-refractivity contribution in [3.63, 3.8) is 0 Å². The first-order valence-corrected chi connectivity index (χ1v) is 7.44. The van der Waals surface area contributed by atoms with Crippen molar-refractivity contribution in [2.24, 2.45) is 0 Å². The van der Waals surface area contributed by atoms with Crippen LogP contribution in [0.4, 0.5) is 4.39 Å². The van der Waals surface area contributed by atoms with E-state index in [0.717, 1.165) is 17.8 Å². The van der Waals surface area contributed by atoms with Gasteiger partial charge < -0.3 is 14.3 Å². The highest BCUT2D eigenvalue weighted by molar-refractivity contribution is 5.51. The summed E-state index contributed by atoms with van der Waals surface area (Å²) in [5, 5.41) is 14.2. The Balaban J connectivity index is 1.66. The highest BCUT2D eigenvalue weighted by Crippen LogP contribution is 2.15. The molecule has 1 aliphatic heterocycles. The molecule has 0 spiro atoms. The second-order valence-electron chi connectivity index (χ2n) is 5.43. The maximum atomic E-state index is 12.9. The van der Waals surface area contributed by atoms with E-state index in [1.807, 2.05) is 0 Å². The fourth-order valence-electron chi connectivity index (χ4n) is 2.47. The molecule has 23 heavy (non-hydrogen) atoms. The topological polar surface area (TPSA) is 80.7 Å². The molecule has 1 fully saturated rings. The summed E-state index contributed by atoms with van der Waals surface area (Å²) in [5.74, 6) is -0.921. The number of nitrogens with zero attached hydrogens (tertiary/aromatic N) is 3. The summed E-state index contributed by atoms with van der Waals surface area (Å²) in [4.78, 5) is 13.9. The van der Waals surface area contributed by atoms with E-state index in [2.05, 4.69) is 10.00 Å². The number of β-amino-alcohol motifs (C(OH)–C–C–N with tert-alkyl or cyclic N) is 1. The normalized spacial score (nSPS) is 17.3. The van der Waals surface area contributed by atoms with Gasteiger partial charge in [-0.05, 0) is 24.3 Å². The number of aliphatic hydroxyl groups excluding tert-OH is 1. The van der Waals surface area contributed by atoms with Crippen molar-refractivity contribution in [2.75, 3.05) is 32.8 Å². The highest BCUT2D eigenvalue weighted by Gasteiger charge is 2.18. The fourth-order valence-corrected chi connectivity index (χ4v) is 2.47. The lowest BCUT2D eigenvalue weighted by molar-refractivity contribution is 0.0105. The van der Waals surface area contributed by atoms with Gasteiger partial charge in [0.25, 0.3) is 0 Å². The minimum atomic E-state index is -0.739. The molecule has 0 aliphatic carbocycles. The maximum Gasteiger partial charge on any atom is 0.437 e. The summed E-state index contributed by atoms with van der Waals surface area (Å²) in [6, 6.07) is 5.49. The number of rotatable bonds is 5. The van der Waals surface area contributed by atoms with Gasteiger partial charge in [-0.3, -0.25) is 4.90 Å². The summed E-state index contributed by atoms with van der Waals surface area (Å²) < 4.78 is 24.3. The van der Waals surface area contributed by atoms with Gasteiger partial charge >= 0.3 is 5.76 Å². The third-order valence-electron chi connectivity index (χ3n) is 3.65. The largest absolute Gasteiger partial charge is 0.437 e. The van der Waals surface area contributed by atoms with Gasteiger partial charge in [0.2, 0.25) is 5.89 Å². The lowest BCUT2D eigenvalue weighted by Gasteiger charge is -2.28. The Hall–Kier alpha value is -2.03. The van der Waals surface area contributed by atoms with E-state index in [1.165, 1.54) is 24.3 Å². The Morgan fingerprint density at radius 2 is 1.91 bits per heavy atom. The molecule has 0 bridgehead atoms. The fraction of sp³-hybridized carbons (Fsp3) is 0.467. The first-order chi connectivity index (χ1) is 11.1. The SMILES string of the molecule is O=c1oc(-c2ccc(F)cc2)nn1CC(O)CN1CCOCC1. The van der Waals surface area contributed by atoms with Crippen molar-refractivity contribution >= 4 is 0 Å². The summed E-state index contributed by atoms with van der Waals surface area (Å²) in [6.07, 6.45) is -0.739.